The number of thiophene rings is 1. The average molecular weight is 295 g/mol. The van der Waals surface area contributed by atoms with Crippen molar-refractivity contribution in [3.05, 3.63) is 22.4 Å². The summed E-state index contributed by atoms with van der Waals surface area (Å²) in [5, 5.41) is 5.77. The standard InChI is InChI=1S/C17H30N2S/c1-15(14-17-8-7-13-20-17)19(2)12-6-4-3-5-11-18-16-9-10-16/h7-8,13,15-16,18H,3-6,9-12,14H2,1-2H3. The Morgan fingerprint density at radius 3 is 2.80 bits per heavy atom. The van der Waals surface area contributed by atoms with Gasteiger partial charge in [0.15, 0.2) is 0 Å². The molecule has 0 aliphatic heterocycles. The molecule has 1 heterocycles. The van der Waals surface area contributed by atoms with Crippen LogP contribution in [0.4, 0.5) is 0 Å². The SMILES string of the molecule is CC(Cc1cccs1)N(C)CCCCCCNC1CC1. The van der Waals surface area contributed by atoms with Gasteiger partial charge in [-0.2, -0.15) is 0 Å². The highest BCUT2D eigenvalue weighted by Crippen LogP contribution is 2.18. The van der Waals surface area contributed by atoms with Gasteiger partial charge in [0.25, 0.3) is 0 Å². The number of hydrogen-bond acceptors (Lipinski definition) is 3. The molecular formula is C17H30N2S. The molecule has 0 spiro atoms. The maximum absolute atomic E-state index is 3.59. The van der Waals surface area contributed by atoms with E-state index in [9.17, 15) is 0 Å². The van der Waals surface area contributed by atoms with Crippen molar-refractivity contribution in [2.45, 2.75) is 64.0 Å². The quantitative estimate of drug-likeness (QED) is 0.622. The number of nitrogens with zero attached hydrogens (tertiary/aromatic N) is 1. The van der Waals surface area contributed by atoms with Gasteiger partial charge in [-0.25, -0.2) is 0 Å². The topological polar surface area (TPSA) is 15.3 Å². The summed E-state index contributed by atoms with van der Waals surface area (Å²) >= 11 is 1.88. The molecule has 114 valence electrons. The van der Waals surface area contributed by atoms with Gasteiger partial charge in [-0.15, -0.1) is 11.3 Å². The average Bonchev–Trinajstić information content (AvgIpc) is 3.13. The molecule has 2 rings (SSSR count). The molecule has 0 amide bonds. The third kappa shape index (κ3) is 6.38. The van der Waals surface area contributed by atoms with E-state index in [0.717, 1.165) is 6.04 Å². The van der Waals surface area contributed by atoms with E-state index in [0.29, 0.717) is 6.04 Å². The fraction of sp³-hybridized carbons (Fsp3) is 0.765. The van der Waals surface area contributed by atoms with Crippen molar-refractivity contribution in [2.24, 2.45) is 0 Å². The molecule has 1 N–H and O–H groups in total. The van der Waals surface area contributed by atoms with Crippen LogP contribution in [0, 0.1) is 0 Å². The van der Waals surface area contributed by atoms with E-state index in [4.69, 9.17) is 0 Å². The molecule has 0 radical (unpaired) electrons. The lowest BCUT2D eigenvalue weighted by atomic mass is 10.1. The molecule has 20 heavy (non-hydrogen) atoms. The number of rotatable bonds is 11. The zero-order chi connectivity index (χ0) is 14.2. The van der Waals surface area contributed by atoms with Gasteiger partial charge in [-0.05, 0) is 70.6 Å². The van der Waals surface area contributed by atoms with Crippen molar-refractivity contribution in [2.75, 3.05) is 20.1 Å². The zero-order valence-electron chi connectivity index (χ0n) is 13.1. The van der Waals surface area contributed by atoms with Gasteiger partial charge >= 0.3 is 0 Å². The predicted molar refractivity (Wildman–Crippen MR) is 89.6 cm³/mol. The van der Waals surface area contributed by atoms with E-state index in [1.165, 1.54) is 62.9 Å². The molecule has 0 bridgehead atoms. The van der Waals surface area contributed by atoms with Gasteiger partial charge in [0.1, 0.15) is 0 Å². The Kier molecular flexibility index (Phi) is 7.05. The molecule has 1 atom stereocenters. The molecule has 3 heteroatoms. The number of unbranched alkanes of at least 4 members (excludes halogenated alkanes) is 3. The normalized spacial score (nSPS) is 16.8. The van der Waals surface area contributed by atoms with E-state index < -0.39 is 0 Å². The lowest BCUT2D eigenvalue weighted by Crippen LogP contribution is -2.31. The van der Waals surface area contributed by atoms with Crippen molar-refractivity contribution < 1.29 is 0 Å². The summed E-state index contributed by atoms with van der Waals surface area (Å²) in [5.41, 5.74) is 0. The molecular weight excluding hydrogens is 264 g/mol. The first-order valence-electron chi connectivity index (χ1n) is 8.21. The Labute approximate surface area is 128 Å². The minimum Gasteiger partial charge on any atom is -0.314 e. The Balaban J connectivity index is 1.45. The first-order chi connectivity index (χ1) is 9.75. The van der Waals surface area contributed by atoms with Crippen LogP contribution in [0.25, 0.3) is 0 Å². The number of hydrogen-bond donors (Lipinski definition) is 1. The van der Waals surface area contributed by atoms with Crippen LogP contribution >= 0.6 is 11.3 Å². The second-order valence-corrected chi connectivity index (χ2v) is 7.29. The molecule has 1 aliphatic carbocycles. The van der Waals surface area contributed by atoms with Gasteiger partial charge < -0.3 is 10.2 Å². The summed E-state index contributed by atoms with van der Waals surface area (Å²) in [6.45, 7) is 4.82. The van der Waals surface area contributed by atoms with Crippen LogP contribution in [0.5, 0.6) is 0 Å². The lowest BCUT2D eigenvalue weighted by molar-refractivity contribution is 0.251. The maximum Gasteiger partial charge on any atom is 0.0112 e. The minimum absolute atomic E-state index is 0.658. The molecule has 0 saturated heterocycles. The Bertz CT molecular complexity index is 346. The van der Waals surface area contributed by atoms with E-state index in [1.807, 2.05) is 11.3 Å². The molecule has 1 aromatic heterocycles. The fourth-order valence-corrected chi connectivity index (χ4v) is 3.36. The van der Waals surface area contributed by atoms with Crippen LogP contribution in [-0.2, 0) is 6.42 Å². The van der Waals surface area contributed by atoms with Gasteiger partial charge in [0.2, 0.25) is 0 Å². The predicted octanol–water partition coefficient (Wildman–Crippen LogP) is 3.92. The van der Waals surface area contributed by atoms with Crippen LogP contribution in [0.3, 0.4) is 0 Å². The van der Waals surface area contributed by atoms with Gasteiger partial charge in [-0.1, -0.05) is 18.9 Å². The van der Waals surface area contributed by atoms with E-state index >= 15 is 0 Å². The van der Waals surface area contributed by atoms with Gasteiger partial charge in [0.05, 0.1) is 0 Å². The van der Waals surface area contributed by atoms with Gasteiger partial charge in [-0.3, -0.25) is 0 Å². The third-order valence-electron chi connectivity index (χ3n) is 4.28. The lowest BCUT2D eigenvalue weighted by Gasteiger charge is -2.24. The number of likely N-dealkylation sites (N-methyl/N-ethyl adjacent to an activating group) is 1. The zero-order valence-corrected chi connectivity index (χ0v) is 13.9. The Hall–Kier alpha value is -0.380. The second kappa shape index (κ2) is 8.81. The molecule has 1 saturated carbocycles. The van der Waals surface area contributed by atoms with E-state index in [-0.39, 0.29) is 0 Å². The molecule has 1 aliphatic rings. The summed E-state index contributed by atoms with van der Waals surface area (Å²) in [6, 6.07) is 5.94. The molecule has 2 nitrogen and oxygen atoms in total. The highest BCUT2D eigenvalue weighted by Gasteiger charge is 2.19. The highest BCUT2D eigenvalue weighted by atomic mass is 32.1. The van der Waals surface area contributed by atoms with Crippen LogP contribution in [0.15, 0.2) is 17.5 Å². The number of nitrogens with one attached hydrogen (secondary N) is 1. The summed E-state index contributed by atoms with van der Waals surface area (Å²) in [4.78, 5) is 4.03. The van der Waals surface area contributed by atoms with Crippen LogP contribution in [0.2, 0.25) is 0 Å². The highest BCUT2D eigenvalue weighted by molar-refractivity contribution is 7.09. The Morgan fingerprint density at radius 2 is 2.10 bits per heavy atom. The van der Waals surface area contributed by atoms with Crippen molar-refractivity contribution in [3.8, 4) is 0 Å². The summed E-state index contributed by atoms with van der Waals surface area (Å²) in [5.74, 6) is 0. The molecule has 1 aromatic rings. The summed E-state index contributed by atoms with van der Waals surface area (Å²) in [7, 11) is 2.27. The maximum atomic E-state index is 3.59. The summed E-state index contributed by atoms with van der Waals surface area (Å²) in [6.07, 6.45) is 9.47. The minimum atomic E-state index is 0.658. The van der Waals surface area contributed by atoms with Crippen LogP contribution < -0.4 is 5.32 Å². The smallest absolute Gasteiger partial charge is 0.0112 e. The molecule has 1 fully saturated rings. The third-order valence-corrected chi connectivity index (χ3v) is 5.18. The summed E-state index contributed by atoms with van der Waals surface area (Å²) < 4.78 is 0. The molecule has 1 unspecified atom stereocenters. The fourth-order valence-electron chi connectivity index (χ4n) is 2.53. The Morgan fingerprint density at radius 1 is 1.30 bits per heavy atom. The first-order valence-corrected chi connectivity index (χ1v) is 9.09. The van der Waals surface area contributed by atoms with Crippen molar-refractivity contribution >= 4 is 11.3 Å². The second-order valence-electron chi connectivity index (χ2n) is 6.26. The monoisotopic (exact) mass is 294 g/mol. The van der Waals surface area contributed by atoms with Crippen molar-refractivity contribution in [1.29, 1.82) is 0 Å². The molecule has 0 aromatic carbocycles. The van der Waals surface area contributed by atoms with Crippen LogP contribution in [0.1, 0.15) is 50.3 Å². The van der Waals surface area contributed by atoms with Gasteiger partial charge in [0, 0.05) is 17.0 Å². The van der Waals surface area contributed by atoms with Crippen LogP contribution in [-0.4, -0.2) is 37.1 Å². The van der Waals surface area contributed by atoms with E-state index in [2.05, 4.69) is 41.7 Å². The largest absolute Gasteiger partial charge is 0.314 e. The van der Waals surface area contributed by atoms with Crippen molar-refractivity contribution in [1.82, 2.24) is 10.2 Å². The van der Waals surface area contributed by atoms with Crippen molar-refractivity contribution in [3.63, 3.8) is 0 Å². The first kappa shape index (κ1) is 16.0. The van der Waals surface area contributed by atoms with E-state index in [1.54, 1.807) is 0 Å².